The summed E-state index contributed by atoms with van der Waals surface area (Å²) < 4.78 is 9.62. The highest BCUT2D eigenvalue weighted by molar-refractivity contribution is 6.15. The number of hydrogen-bond acceptors (Lipinski definition) is 5. The standard InChI is InChI=1S/C17H15NO4.C10H9NO2/c1-9-14(17(20)22-3)12(16(19)21-2)8-11-10-6-4-5-7-13(10)18-15(9)11;12-10(13)5-7-6-11-9-4-2-1-3-8(7)9/h4-8,18H,1-3H3;1-4,6,11H,5H2,(H,12,13). The molecule has 35 heavy (non-hydrogen) atoms. The first-order valence-electron chi connectivity index (χ1n) is 10.8. The molecule has 5 rings (SSSR count). The molecule has 0 spiro atoms. The highest BCUT2D eigenvalue weighted by atomic mass is 16.5. The van der Waals surface area contributed by atoms with Crippen molar-refractivity contribution < 1.29 is 29.0 Å². The molecule has 2 heterocycles. The molecule has 8 heteroatoms. The van der Waals surface area contributed by atoms with Crippen LogP contribution in [0.25, 0.3) is 32.7 Å². The number of aromatic amines is 2. The largest absolute Gasteiger partial charge is 0.481 e. The Morgan fingerprint density at radius 1 is 0.857 bits per heavy atom. The van der Waals surface area contributed by atoms with E-state index in [4.69, 9.17) is 14.6 Å². The number of rotatable bonds is 4. The predicted octanol–water partition coefficient (Wildman–Crippen LogP) is 5.00. The molecule has 3 N–H and O–H groups in total. The average molecular weight is 472 g/mol. The molecule has 3 aromatic carbocycles. The van der Waals surface area contributed by atoms with Crippen molar-refractivity contribution in [3.05, 3.63) is 83.0 Å². The summed E-state index contributed by atoms with van der Waals surface area (Å²) in [5.74, 6) is -1.92. The maximum Gasteiger partial charge on any atom is 0.339 e. The second kappa shape index (κ2) is 9.72. The maximum absolute atomic E-state index is 12.1. The van der Waals surface area contributed by atoms with Gasteiger partial charge in [0.2, 0.25) is 0 Å². The third kappa shape index (κ3) is 4.46. The SMILES string of the molecule is COC(=O)c1cc2c([nH]c3ccccc32)c(C)c1C(=O)OC.O=C(O)Cc1c[nH]c2ccccc12. The van der Waals surface area contributed by atoms with Gasteiger partial charge in [-0.3, -0.25) is 4.79 Å². The number of nitrogens with one attached hydrogen (secondary N) is 2. The lowest BCUT2D eigenvalue weighted by Gasteiger charge is -2.10. The van der Waals surface area contributed by atoms with E-state index in [0.29, 0.717) is 5.56 Å². The van der Waals surface area contributed by atoms with Crippen LogP contribution in [0.2, 0.25) is 0 Å². The van der Waals surface area contributed by atoms with E-state index in [1.807, 2.05) is 48.5 Å². The number of methoxy groups -OCH3 is 2. The molecule has 0 fully saturated rings. The number of aryl methyl sites for hydroxylation is 1. The quantitative estimate of drug-likeness (QED) is 0.317. The number of benzene rings is 3. The number of aromatic nitrogens is 2. The van der Waals surface area contributed by atoms with Crippen LogP contribution in [0.5, 0.6) is 0 Å². The van der Waals surface area contributed by atoms with E-state index in [2.05, 4.69) is 9.97 Å². The molecule has 0 atom stereocenters. The predicted molar refractivity (Wildman–Crippen MR) is 133 cm³/mol. The molecule has 0 unspecified atom stereocenters. The normalized spacial score (nSPS) is 10.7. The summed E-state index contributed by atoms with van der Waals surface area (Å²) >= 11 is 0. The summed E-state index contributed by atoms with van der Waals surface area (Å²) in [4.78, 5) is 41.0. The van der Waals surface area contributed by atoms with Crippen molar-refractivity contribution in [2.45, 2.75) is 13.3 Å². The maximum atomic E-state index is 12.1. The van der Waals surface area contributed by atoms with Gasteiger partial charge in [0, 0.05) is 33.4 Å². The van der Waals surface area contributed by atoms with Gasteiger partial charge in [0.25, 0.3) is 0 Å². The summed E-state index contributed by atoms with van der Waals surface area (Å²) in [6.07, 6.45) is 1.82. The van der Waals surface area contributed by atoms with Crippen LogP contribution in [0.4, 0.5) is 0 Å². The lowest BCUT2D eigenvalue weighted by Crippen LogP contribution is -2.13. The van der Waals surface area contributed by atoms with Crippen LogP contribution in [0.3, 0.4) is 0 Å². The van der Waals surface area contributed by atoms with Gasteiger partial charge in [0.15, 0.2) is 0 Å². The average Bonchev–Trinajstić information content (AvgIpc) is 3.45. The fourth-order valence-electron chi connectivity index (χ4n) is 4.23. The van der Waals surface area contributed by atoms with Gasteiger partial charge in [-0.1, -0.05) is 36.4 Å². The Labute approximate surface area is 200 Å². The van der Waals surface area contributed by atoms with Crippen LogP contribution in [0.1, 0.15) is 31.8 Å². The topological polar surface area (TPSA) is 121 Å². The zero-order valence-corrected chi connectivity index (χ0v) is 19.5. The van der Waals surface area contributed by atoms with E-state index in [0.717, 1.165) is 38.3 Å². The lowest BCUT2D eigenvalue weighted by molar-refractivity contribution is -0.136. The van der Waals surface area contributed by atoms with Gasteiger partial charge in [-0.25, -0.2) is 9.59 Å². The Hall–Kier alpha value is -4.59. The van der Waals surface area contributed by atoms with Crippen LogP contribution in [-0.2, 0) is 20.7 Å². The number of aliphatic carboxylic acids is 1. The van der Waals surface area contributed by atoms with Crippen LogP contribution < -0.4 is 0 Å². The lowest BCUT2D eigenvalue weighted by atomic mass is 9.97. The molecule has 5 aromatic rings. The number of carbonyl (C=O) groups excluding carboxylic acids is 2. The van der Waals surface area contributed by atoms with E-state index in [1.165, 1.54) is 14.2 Å². The van der Waals surface area contributed by atoms with E-state index >= 15 is 0 Å². The molecule has 178 valence electrons. The fraction of sp³-hybridized carbons (Fsp3) is 0.148. The summed E-state index contributed by atoms with van der Waals surface area (Å²) in [5, 5.41) is 11.5. The number of fused-ring (bicyclic) bond motifs is 4. The highest BCUT2D eigenvalue weighted by Crippen LogP contribution is 2.32. The first-order valence-corrected chi connectivity index (χ1v) is 10.8. The molecule has 0 saturated heterocycles. The van der Waals surface area contributed by atoms with Crippen molar-refractivity contribution in [3.8, 4) is 0 Å². The summed E-state index contributed by atoms with van der Waals surface area (Å²) in [5.41, 5.74) is 4.69. The Bertz CT molecular complexity index is 1580. The van der Waals surface area contributed by atoms with Gasteiger partial charge >= 0.3 is 17.9 Å². The van der Waals surface area contributed by atoms with Crippen molar-refractivity contribution >= 4 is 50.6 Å². The molecular weight excluding hydrogens is 448 g/mol. The van der Waals surface area contributed by atoms with Crippen molar-refractivity contribution in [3.63, 3.8) is 0 Å². The minimum Gasteiger partial charge on any atom is -0.481 e. The highest BCUT2D eigenvalue weighted by Gasteiger charge is 2.24. The zero-order chi connectivity index (χ0) is 25.1. The van der Waals surface area contributed by atoms with E-state index in [9.17, 15) is 14.4 Å². The second-order valence-electron chi connectivity index (χ2n) is 7.93. The molecule has 2 aromatic heterocycles. The minimum atomic E-state index is -0.801. The van der Waals surface area contributed by atoms with E-state index in [-0.39, 0.29) is 17.5 Å². The second-order valence-corrected chi connectivity index (χ2v) is 7.93. The molecule has 8 nitrogen and oxygen atoms in total. The first kappa shape index (κ1) is 23.6. The molecule has 0 bridgehead atoms. The Kier molecular flexibility index (Phi) is 6.55. The minimum absolute atomic E-state index is 0.0734. The Morgan fingerprint density at radius 2 is 1.49 bits per heavy atom. The number of carbonyl (C=O) groups is 3. The molecule has 0 radical (unpaired) electrons. The molecule has 0 aliphatic heterocycles. The van der Waals surface area contributed by atoms with Crippen LogP contribution >= 0.6 is 0 Å². The number of carboxylic acid groups (broad SMARTS) is 1. The molecule has 0 aliphatic carbocycles. The van der Waals surface area contributed by atoms with Crippen LogP contribution in [0, 0.1) is 6.92 Å². The van der Waals surface area contributed by atoms with Crippen LogP contribution in [-0.4, -0.2) is 47.2 Å². The third-order valence-electron chi connectivity index (χ3n) is 5.87. The first-order chi connectivity index (χ1) is 16.8. The van der Waals surface area contributed by atoms with Crippen molar-refractivity contribution in [2.75, 3.05) is 14.2 Å². The number of esters is 2. The van der Waals surface area contributed by atoms with Gasteiger partial charge in [-0.05, 0) is 36.2 Å². The van der Waals surface area contributed by atoms with Gasteiger partial charge in [-0.15, -0.1) is 0 Å². The van der Waals surface area contributed by atoms with Gasteiger partial charge in [-0.2, -0.15) is 0 Å². The number of H-pyrrole nitrogens is 2. The Balaban J connectivity index is 0.000000189. The third-order valence-corrected chi connectivity index (χ3v) is 5.87. The van der Waals surface area contributed by atoms with Crippen molar-refractivity contribution in [1.29, 1.82) is 0 Å². The summed E-state index contributed by atoms with van der Waals surface area (Å²) in [6, 6.07) is 17.1. The van der Waals surface area contributed by atoms with Crippen molar-refractivity contribution in [1.82, 2.24) is 9.97 Å². The fourth-order valence-corrected chi connectivity index (χ4v) is 4.23. The molecular formula is C27H24N2O6. The smallest absolute Gasteiger partial charge is 0.339 e. The monoisotopic (exact) mass is 472 g/mol. The molecule has 0 aliphatic rings. The van der Waals surface area contributed by atoms with Crippen molar-refractivity contribution in [2.24, 2.45) is 0 Å². The Morgan fingerprint density at radius 3 is 2.14 bits per heavy atom. The number of carboxylic acids is 1. The molecule has 0 amide bonds. The summed E-state index contributed by atoms with van der Waals surface area (Å²) in [6.45, 7) is 1.79. The van der Waals surface area contributed by atoms with Gasteiger partial charge < -0.3 is 24.5 Å². The number of para-hydroxylation sites is 2. The zero-order valence-electron chi connectivity index (χ0n) is 19.5. The number of hydrogen-bond donors (Lipinski definition) is 3. The van der Waals surface area contributed by atoms with E-state index < -0.39 is 17.9 Å². The summed E-state index contributed by atoms with van der Waals surface area (Å²) in [7, 11) is 2.58. The van der Waals surface area contributed by atoms with Gasteiger partial charge in [0.1, 0.15) is 0 Å². The van der Waals surface area contributed by atoms with E-state index in [1.54, 1.807) is 19.2 Å². The molecule has 0 saturated carbocycles. The number of ether oxygens (including phenoxy) is 2. The van der Waals surface area contributed by atoms with Gasteiger partial charge in [0.05, 0.1) is 37.3 Å². The van der Waals surface area contributed by atoms with Crippen LogP contribution in [0.15, 0.2) is 60.8 Å².